The van der Waals surface area contributed by atoms with Crippen molar-refractivity contribution in [2.24, 2.45) is 0 Å². The maximum atomic E-state index is 13.1. The summed E-state index contributed by atoms with van der Waals surface area (Å²) in [7, 11) is 0. The van der Waals surface area contributed by atoms with Gasteiger partial charge in [0, 0.05) is 50.8 Å². The van der Waals surface area contributed by atoms with Gasteiger partial charge in [-0.25, -0.2) is 14.8 Å². The molecule has 1 aromatic carbocycles. The van der Waals surface area contributed by atoms with Crippen LogP contribution in [0.15, 0.2) is 42.7 Å². The van der Waals surface area contributed by atoms with Crippen LogP contribution >= 0.6 is 0 Å². The summed E-state index contributed by atoms with van der Waals surface area (Å²) in [5.41, 5.74) is 1.31. The SMILES string of the molecule is C[C@@H]1CN(c2ncc(OC(F)F)cn2)C[C@@H](C)N1C(=O)NC1CCN(Cc2ccccc2)CC1. The van der Waals surface area contributed by atoms with E-state index in [4.69, 9.17) is 0 Å². The number of urea groups is 1. The van der Waals surface area contributed by atoms with Gasteiger partial charge in [-0.3, -0.25) is 4.90 Å². The Balaban J connectivity index is 1.26. The zero-order valence-electron chi connectivity index (χ0n) is 19.6. The van der Waals surface area contributed by atoms with Crippen molar-refractivity contribution in [3.63, 3.8) is 0 Å². The molecule has 0 aliphatic carbocycles. The molecule has 2 aliphatic rings. The highest BCUT2D eigenvalue weighted by atomic mass is 19.3. The van der Waals surface area contributed by atoms with Gasteiger partial charge in [-0.05, 0) is 32.3 Å². The number of hydrogen-bond donors (Lipinski definition) is 1. The first-order valence-corrected chi connectivity index (χ1v) is 11.8. The van der Waals surface area contributed by atoms with Crippen LogP contribution in [0.2, 0.25) is 0 Å². The van der Waals surface area contributed by atoms with E-state index in [9.17, 15) is 13.6 Å². The van der Waals surface area contributed by atoms with Gasteiger partial charge in [-0.2, -0.15) is 8.78 Å². The van der Waals surface area contributed by atoms with Crippen LogP contribution in [0.25, 0.3) is 0 Å². The third-order valence-corrected chi connectivity index (χ3v) is 6.44. The largest absolute Gasteiger partial charge is 0.432 e. The number of amides is 2. The van der Waals surface area contributed by atoms with E-state index < -0.39 is 6.61 Å². The van der Waals surface area contributed by atoms with Gasteiger partial charge < -0.3 is 19.9 Å². The predicted molar refractivity (Wildman–Crippen MR) is 125 cm³/mol. The molecule has 2 aromatic rings. The summed E-state index contributed by atoms with van der Waals surface area (Å²) in [5, 5.41) is 3.24. The van der Waals surface area contributed by atoms with Gasteiger partial charge in [0.1, 0.15) is 0 Å². The first-order chi connectivity index (χ1) is 16.4. The average Bonchev–Trinajstić information content (AvgIpc) is 2.81. The van der Waals surface area contributed by atoms with E-state index in [2.05, 4.69) is 49.2 Å². The Morgan fingerprint density at radius 2 is 1.71 bits per heavy atom. The summed E-state index contributed by atoms with van der Waals surface area (Å²) in [4.78, 5) is 27.7. The van der Waals surface area contributed by atoms with Crippen LogP contribution in [0.5, 0.6) is 5.75 Å². The fourth-order valence-electron chi connectivity index (χ4n) is 4.85. The summed E-state index contributed by atoms with van der Waals surface area (Å²) in [6, 6.07) is 10.5. The van der Waals surface area contributed by atoms with Gasteiger partial charge in [0.2, 0.25) is 5.95 Å². The zero-order valence-corrected chi connectivity index (χ0v) is 19.6. The van der Waals surface area contributed by atoms with Crippen molar-refractivity contribution >= 4 is 12.0 Å². The van der Waals surface area contributed by atoms with Crippen molar-refractivity contribution in [2.75, 3.05) is 31.1 Å². The molecule has 0 unspecified atom stereocenters. The molecule has 34 heavy (non-hydrogen) atoms. The Kier molecular flexibility index (Phi) is 7.77. The highest BCUT2D eigenvalue weighted by Gasteiger charge is 2.35. The quantitative estimate of drug-likeness (QED) is 0.692. The molecular weight excluding hydrogens is 442 g/mol. The lowest BCUT2D eigenvalue weighted by Gasteiger charge is -2.45. The number of carbonyl (C=O) groups is 1. The molecule has 8 nitrogen and oxygen atoms in total. The summed E-state index contributed by atoms with van der Waals surface area (Å²) >= 11 is 0. The van der Waals surface area contributed by atoms with Crippen molar-refractivity contribution in [3.8, 4) is 5.75 Å². The minimum atomic E-state index is -2.91. The molecule has 0 saturated carbocycles. The predicted octanol–water partition coefficient (Wildman–Crippen LogP) is 3.35. The van der Waals surface area contributed by atoms with E-state index in [0.29, 0.717) is 19.0 Å². The standard InChI is InChI=1S/C24H32F2N6O2/c1-17-14-31(23-27-12-21(13-28-23)34-22(25)26)15-18(2)32(17)24(33)29-20-8-10-30(11-9-20)16-19-6-4-3-5-7-19/h3-7,12-13,17-18,20,22H,8-11,14-16H2,1-2H3,(H,29,33)/t17-,18-/m1/s1. The van der Waals surface area contributed by atoms with Gasteiger partial charge in [-0.15, -0.1) is 0 Å². The number of rotatable bonds is 6. The number of aromatic nitrogens is 2. The molecule has 0 bridgehead atoms. The molecule has 0 radical (unpaired) electrons. The number of benzene rings is 1. The Bertz CT molecular complexity index is 913. The van der Waals surface area contributed by atoms with Crippen molar-refractivity contribution < 1.29 is 18.3 Å². The number of ether oxygens (including phenoxy) is 1. The third kappa shape index (κ3) is 6.11. The molecule has 1 N–H and O–H groups in total. The summed E-state index contributed by atoms with van der Waals surface area (Å²) in [6.45, 7) is 5.06. The minimum Gasteiger partial charge on any atom is -0.432 e. The second-order valence-electron chi connectivity index (χ2n) is 9.09. The van der Waals surface area contributed by atoms with E-state index in [1.54, 1.807) is 0 Å². The summed E-state index contributed by atoms with van der Waals surface area (Å²) < 4.78 is 29.0. The maximum absolute atomic E-state index is 13.1. The number of nitrogens with one attached hydrogen (secondary N) is 1. The second-order valence-corrected chi connectivity index (χ2v) is 9.09. The molecule has 2 atom stereocenters. The van der Waals surface area contributed by atoms with Crippen LogP contribution in [-0.4, -0.2) is 76.7 Å². The fraction of sp³-hybridized carbons (Fsp3) is 0.542. The van der Waals surface area contributed by atoms with Crippen LogP contribution in [0.1, 0.15) is 32.3 Å². The van der Waals surface area contributed by atoms with Crippen LogP contribution in [0.4, 0.5) is 19.5 Å². The summed E-state index contributed by atoms with van der Waals surface area (Å²) in [5.74, 6) is 0.360. The number of likely N-dealkylation sites (tertiary alicyclic amines) is 1. The fourth-order valence-corrected chi connectivity index (χ4v) is 4.85. The molecule has 2 aliphatic heterocycles. The van der Waals surface area contributed by atoms with Gasteiger partial charge >= 0.3 is 12.6 Å². The Morgan fingerprint density at radius 3 is 2.29 bits per heavy atom. The zero-order chi connectivity index (χ0) is 24.1. The molecule has 10 heteroatoms. The van der Waals surface area contributed by atoms with Gasteiger partial charge in [0.05, 0.1) is 12.4 Å². The first-order valence-electron chi connectivity index (χ1n) is 11.8. The highest BCUT2D eigenvalue weighted by Crippen LogP contribution is 2.22. The van der Waals surface area contributed by atoms with E-state index in [1.807, 2.05) is 29.7 Å². The van der Waals surface area contributed by atoms with Crippen molar-refractivity contribution in [1.82, 2.24) is 25.1 Å². The van der Waals surface area contributed by atoms with Gasteiger partial charge in [-0.1, -0.05) is 30.3 Å². The van der Waals surface area contributed by atoms with Crippen molar-refractivity contribution in [3.05, 3.63) is 48.3 Å². The minimum absolute atomic E-state index is 0.0391. The summed E-state index contributed by atoms with van der Waals surface area (Å²) in [6.07, 6.45) is 4.35. The molecule has 3 heterocycles. The smallest absolute Gasteiger partial charge is 0.387 e. The molecule has 2 amide bonds. The lowest BCUT2D eigenvalue weighted by molar-refractivity contribution is -0.0503. The first kappa shape index (κ1) is 24.1. The van der Waals surface area contributed by atoms with Gasteiger partial charge in [0.25, 0.3) is 0 Å². The van der Waals surface area contributed by atoms with Crippen LogP contribution in [0.3, 0.4) is 0 Å². The Labute approximate surface area is 198 Å². The number of halogens is 2. The average molecular weight is 475 g/mol. The topological polar surface area (TPSA) is 73.8 Å². The second kappa shape index (κ2) is 10.9. The normalized spacial score (nSPS) is 22.1. The monoisotopic (exact) mass is 474 g/mol. The molecule has 184 valence electrons. The van der Waals surface area contributed by atoms with Crippen LogP contribution < -0.4 is 15.0 Å². The molecular formula is C24H32F2N6O2. The molecule has 2 saturated heterocycles. The number of piperazine rings is 1. The molecule has 1 aromatic heterocycles. The Hall–Kier alpha value is -3.01. The van der Waals surface area contributed by atoms with Crippen LogP contribution in [-0.2, 0) is 6.54 Å². The number of hydrogen-bond acceptors (Lipinski definition) is 6. The number of nitrogens with zero attached hydrogens (tertiary/aromatic N) is 5. The molecule has 2 fully saturated rings. The van der Waals surface area contributed by atoms with E-state index >= 15 is 0 Å². The molecule has 0 spiro atoms. The van der Waals surface area contributed by atoms with E-state index in [-0.39, 0.29) is 29.9 Å². The highest BCUT2D eigenvalue weighted by molar-refractivity contribution is 5.75. The number of carbonyl (C=O) groups excluding carboxylic acids is 1. The lowest BCUT2D eigenvalue weighted by Crippen LogP contribution is -2.62. The molecule has 4 rings (SSSR count). The third-order valence-electron chi connectivity index (χ3n) is 6.44. The van der Waals surface area contributed by atoms with Gasteiger partial charge in [0.15, 0.2) is 5.75 Å². The number of alkyl halides is 2. The maximum Gasteiger partial charge on any atom is 0.387 e. The van der Waals surface area contributed by atoms with Crippen molar-refractivity contribution in [2.45, 2.75) is 58.0 Å². The Morgan fingerprint density at radius 1 is 1.09 bits per heavy atom. The van der Waals surface area contributed by atoms with E-state index in [0.717, 1.165) is 32.5 Å². The lowest BCUT2D eigenvalue weighted by atomic mass is 10.0. The number of anilines is 1. The van der Waals surface area contributed by atoms with Crippen molar-refractivity contribution in [1.29, 1.82) is 0 Å². The van der Waals surface area contributed by atoms with E-state index in [1.165, 1.54) is 18.0 Å². The number of piperidine rings is 1. The van der Waals surface area contributed by atoms with Crippen LogP contribution in [0, 0.1) is 0 Å².